The van der Waals surface area contributed by atoms with Gasteiger partial charge in [-0.25, -0.2) is 22.6 Å². The highest BCUT2D eigenvalue weighted by molar-refractivity contribution is 7.88. The van der Waals surface area contributed by atoms with Crippen LogP contribution in [0.2, 0.25) is 5.02 Å². The van der Waals surface area contributed by atoms with Crippen LogP contribution in [0.1, 0.15) is 12.8 Å². The van der Waals surface area contributed by atoms with Crippen LogP contribution >= 0.6 is 11.6 Å². The molecular formula is C14H20ClN5O5S. The van der Waals surface area contributed by atoms with Crippen LogP contribution in [-0.2, 0) is 14.8 Å². The number of carbonyl (C=O) groups is 1. The fraction of sp³-hybridized carbons (Fsp3) is 0.643. The second kappa shape index (κ2) is 7.41. The van der Waals surface area contributed by atoms with Crippen molar-refractivity contribution in [2.45, 2.75) is 25.0 Å². The fourth-order valence-electron chi connectivity index (χ4n) is 3.14. The number of anilines is 1. The van der Waals surface area contributed by atoms with E-state index < -0.39 is 21.7 Å². The number of ether oxygens (including phenoxy) is 1. The Balaban J connectivity index is 1.51. The van der Waals surface area contributed by atoms with Gasteiger partial charge >= 0.3 is 6.09 Å². The SMILES string of the molecule is CS(=O)(=O)N1CC[C@H](NC(=O)O[C@@H]2CCN(c3cn[nH]c(=O)c3Cl)C2)C1. The van der Waals surface area contributed by atoms with Gasteiger partial charge in [-0.15, -0.1) is 0 Å². The minimum Gasteiger partial charge on any atom is -0.444 e. The molecule has 1 aromatic rings. The van der Waals surface area contributed by atoms with Crippen LogP contribution in [0.25, 0.3) is 0 Å². The van der Waals surface area contributed by atoms with Gasteiger partial charge in [0.05, 0.1) is 24.7 Å². The van der Waals surface area contributed by atoms with Crippen molar-refractivity contribution in [3.8, 4) is 0 Å². The van der Waals surface area contributed by atoms with Crippen molar-refractivity contribution in [3.05, 3.63) is 21.6 Å². The molecule has 2 fully saturated rings. The highest BCUT2D eigenvalue weighted by atomic mass is 35.5. The summed E-state index contributed by atoms with van der Waals surface area (Å²) in [6.45, 7) is 1.61. The maximum absolute atomic E-state index is 12.1. The molecule has 0 unspecified atom stereocenters. The summed E-state index contributed by atoms with van der Waals surface area (Å²) in [5.74, 6) is 0. The van der Waals surface area contributed by atoms with E-state index in [9.17, 15) is 18.0 Å². The summed E-state index contributed by atoms with van der Waals surface area (Å²) in [6.07, 6.45) is 2.83. The van der Waals surface area contributed by atoms with Crippen molar-refractivity contribution in [2.75, 3.05) is 37.3 Å². The third kappa shape index (κ3) is 4.27. The Morgan fingerprint density at radius 3 is 2.85 bits per heavy atom. The van der Waals surface area contributed by atoms with Gasteiger partial charge in [-0.2, -0.15) is 5.10 Å². The van der Waals surface area contributed by atoms with Gasteiger partial charge in [-0.1, -0.05) is 11.6 Å². The number of sulfonamides is 1. The number of hydrogen-bond donors (Lipinski definition) is 2. The minimum atomic E-state index is -3.25. The molecule has 0 bridgehead atoms. The largest absolute Gasteiger partial charge is 0.444 e. The number of hydrogen-bond acceptors (Lipinski definition) is 7. The Hall–Kier alpha value is -1.85. The lowest BCUT2D eigenvalue weighted by Gasteiger charge is -2.19. The van der Waals surface area contributed by atoms with Crippen LogP contribution in [0, 0.1) is 0 Å². The summed E-state index contributed by atoms with van der Waals surface area (Å²) in [5.41, 5.74) is 0.0319. The van der Waals surface area contributed by atoms with Crippen molar-refractivity contribution < 1.29 is 17.9 Å². The smallest absolute Gasteiger partial charge is 0.407 e. The van der Waals surface area contributed by atoms with E-state index in [1.54, 1.807) is 0 Å². The first kappa shape index (κ1) is 18.9. The van der Waals surface area contributed by atoms with Crippen LogP contribution in [0.3, 0.4) is 0 Å². The zero-order valence-corrected chi connectivity index (χ0v) is 15.7. The van der Waals surface area contributed by atoms with Gasteiger partial charge in [0, 0.05) is 32.1 Å². The first-order chi connectivity index (χ1) is 12.2. The molecule has 0 aromatic carbocycles. The van der Waals surface area contributed by atoms with Gasteiger partial charge in [-0.05, 0) is 6.42 Å². The summed E-state index contributed by atoms with van der Waals surface area (Å²) in [5, 5.41) is 8.74. The molecule has 1 aromatic heterocycles. The second-order valence-corrected chi connectivity index (χ2v) is 8.77. The van der Waals surface area contributed by atoms with Crippen LogP contribution in [-0.4, -0.2) is 73.6 Å². The summed E-state index contributed by atoms with van der Waals surface area (Å²) < 4.78 is 29.7. The number of aromatic nitrogens is 2. The molecule has 26 heavy (non-hydrogen) atoms. The van der Waals surface area contributed by atoms with Crippen LogP contribution in [0.15, 0.2) is 11.0 Å². The highest BCUT2D eigenvalue weighted by Gasteiger charge is 2.32. The monoisotopic (exact) mass is 405 g/mol. The molecule has 0 spiro atoms. The van der Waals surface area contributed by atoms with E-state index in [1.165, 1.54) is 10.5 Å². The van der Waals surface area contributed by atoms with Gasteiger partial charge in [-0.3, -0.25) is 4.79 Å². The zero-order chi connectivity index (χ0) is 18.9. The summed E-state index contributed by atoms with van der Waals surface area (Å²) in [6, 6.07) is -0.263. The predicted molar refractivity (Wildman–Crippen MR) is 94.9 cm³/mol. The van der Waals surface area contributed by atoms with Crippen molar-refractivity contribution in [3.63, 3.8) is 0 Å². The first-order valence-electron chi connectivity index (χ1n) is 8.14. The quantitative estimate of drug-likeness (QED) is 0.708. The minimum absolute atomic E-state index is 0.0527. The summed E-state index contributed by atoms with van der Waals surface area (Å²) in [7, 11) is -3.25. The number of rotatable bonds is 4. The van der Waals surface area contributed by atoms with E-state index in [0.29, 0.717) is 38.2 Å². The number of nitrogens with zero attached hydrogens (tertiary/aromatic N) is 3. The van der Waals surface area contributed by atoms with E-state index >= 15 is 0 Å². The molecule has 2 atom stereocenters. The van der Waals surface area contributed by atoms with Gasteiger partial charge in [0.25, 0.3) is 5.56 Å². The van der Waals surface area contributed by atoms with Crippen LogP contribution in [0.5, 0.6) is 0 Å². The Morgan fingerprint density at radius 2 is 2.15 bits per heavy atom. The lowest BCUT2D eigenvalue weighted by atomic mass is 10.3. The van der Waals surface area contributed by atoms with E-state index in [-0.39, 0.29) is 23.7 Å². The van der Waals surface area contributed by atoms with E-state index in [2.05, 4.69) is 15.5 Å². The molecule has 0 radical (unpaired) electrons. The number of halogens is 1. The number of amides is 1. The molecule has 0 saturated carbocycles. The van der Waals surface area contributed by atoms with Crippen molar-refractivity contribution in [1.82, 2.24) is 19.8 Å². The molecule has 144 valence electrons. The Bertz CT molecular complexity index is 844. The van der Waals surface area contributed by atoms with E-state index in [4.69, 9.17) is 16.3 Å². The fourth-order valence-corrected chi connectivity index (χ4v) is 4.24. The first-order valence-corrected chi connectivity index (χ1v) is 10.4. The Kier molecular flexibility index (Phi) is 5.39. The Labute approximate surface area is 155 Å². The number of aromatic amines is 1. The number of H-pyrrole nitrogens is 1. The summed E-state index contributed by atoms with van der Waals surface area (Å²) >= 11 is 5.99. The normalized spacial score (nSPS) is 24.0. The van der Waals surface area contributed by atoms with Gasteiger partial charge in [0.15, 0.2) is 0 Å². The maximum atomic E-state index is 12.1. The van der Waals surface area contributed by atoms with Gasteiger partial charge in [0.1, 0.15) is 11.1 Å². The molecule has 1 amide bonds. The molecule has 0 aliphatic carbocycles. The lowest BCUT2D eigenvalue weighted by molar-refractivity contribution is 0.105. The topological polar surface area (TPSA) is 125 Å². The molecule has 2 saturated heterocycles. The molecular weight excluding hydrogens is 386 g/mol. The van der Waals surface area contributed by atoms with Crippen molar-refractivity contribution in [1.29, 1.82) is 0 Å². The highest BCUT2D eigenvalue weighted by Crippen LogP contribution is 2.25. The van der Waals surface area contributed by atoms with Crippen molar-refractivity contribution in [2.24, 2.45) is 0 Å². The molecule has 10 nitrogen and oxygen atoms in total. The van der Waals surface area contributed by atoms with Crippen LogP contribution < -0.4 is 15.8 Å². The van der Waals surface area contributed by atoms with Crippen LogP contribution in [0.4, 0.5) is 10.5 Å². The molecule has 2 aliphatic heterocycles. The van der Waals surface area contributed by atoms with Crippen molar-refractivity contribution >= 4 is 33.4 Å². The van der Waals surface area contributed by atoms with Gasteiger partial charge in [0.2, 0.25) is 10.0 Å². The zero-order valence-electron chi connectivity index (χ0n) is 14.1. The van der Waals surface area contributed by atoms with E-state index in [0.717, 1.165) is 6.26 Å². The Morgan fingerprint density at radius 1 is 1.38 bits per heavy atom. The van der Waals surface area contributed by atoms with E-state index in [1.807, 2.05) is 4.90 Å². The lowest BCUT2D eigenvalue weighted by Crippen LogP contribution is -2.40. The van der Waals surface area contributed by atoms with Gasteiger partial charge < -0.3 is 15.0 Å². The molecule has 2 aliphatic rings. The number of carbonyl (C=O) groups excluding carboxylic acids is 1. The average molecular weight is 406 g/mol. The predicted octanol–water partition coefficient (Wildman–Crippen LogP) is -0.238. The number of nitrogens with one attached hydrogen (secondary N) is 2. The number of alkyl carbamates (subject to hydrolysis) is 1. The standard InChI is InChI=1S/C14H20ClN5O5S/c1-26(23,24)20-5-2-9(7-20)17-14(22)25-10-3-4-19(8-10)11-6-16-18-13(21)12(11)15/h6,9-10H,2-5,7-8H2,1H3,(H,17,22)(H,18,21)/t9-,10+/m0/s1. The molecule has 12 heteroatoms. The average Bonchev–Trinajstić information content (AvgIpc) is 3.19. The molecule has 3 heterocycles. The maximum Gasteiger partial charge on any atom is 0.407 e. The second-order valence-electron chi connectivity index (χ2n) is 6.41. The summed E-state index contributed by atoms with van der Waals surface area (Å²) in [4.78, 5) is 25.4. The molecule has 3 rings (SSSR count). The third-order valence-corrected chi connectivity index (χ3v) is 6.11. The molecule has 2 N–H and O–H groups in total. The third-order valence-electron chi connectivity index (χ3n) is 4.48.